The second-order valence-corrected chi connectivity index (χ2v) is 6.48. The maximum Gasteiger partial charge on any atom is 0.263 e. The summed E-state index contributed by atoms with van der Waals surface area (Å²) in [5.41, 5.74) is 1.03. The van der Waals surface area contributed by atoms with Crippen LogP contribution in [0.2, 0.25) is 0 Å². The number of hydrogen-bond acceptors (Lipinski definition) is 5. The molecule has 1 saturated heterocycles. The first-order valence-electron chi connectivity index (χ1n) is 7.91. The lowest BCUT2D eigenvalue weighted by Crippen LogP contribution is -2.35. The summed E-state index contributed by atoms with van der Waals surface area (Å²) in [5.74, 6) is -0.408. The predicted octanol–water partition coefficient (Wildman–Crippen LogP) is 2.69. The highest BCUT2D eigenvalue weighted by Gasteiger charge is 2.20. The Balaban J connectivity index is 1.66. The Kier molecular flexibility index (Phi) is 5.55. The topological polar surface area (TPSA) is 80.3 Å². The lowest BCUT2D eigenvalue weighted by molar-refractivity contribution is 0.0934. The number of carbonyl (C=O) groups is 2. The van der Waals surface area contributed by atoms with Crippen LogP contribution in [0.25, 0.3) is 0 Å². The highest BCUT2D eigenvalue weighted by atomic mass is 32.1. The molecule has 1 aliphatic rings. The third-order valence-corrected chi connectivity index (χ3v) is 4.76. The molecule has 3 heterocycles. The molecule has 1 aliphatic heterocycles. The largest absolute Gasteiger partial charge is 0.381 e. The first-order chi connectivity index (χ1) is 11.7. The highest BCUT2D eigenvalue weighted by molar-refractivity contribution is 7.12. The Morgan fingerprint density at radius 1 is 1.12 bits per heavy atom. The first-order valence-corrected chi connectivity index (χ1v) is 8.79. The number of nitrogens with zero attached hydrogens (tertiary/aromatic N) is 1. The molecule has 0 unspecified atom stereocenters. The van der Waals surface area contributed by atoms with Crippen LogP contribution < -0.4 is 10.6 Å². The number of ether oxygens (including phenoxy) is 1. The molecular weight excluding hydrogens is 326 g/mol. The maximum absolute atomic E-state index is 12.5. The van der Waals surface area contributed by atoms with Crippen LogP contribution in [0.4, 0.5) is 5.69 Å². The SMILES string of the molecule is O=C(Nc1ccsc1C(=O)N[C@H]1CCCOCC1)c1ccncc1. The maximum atomic E-state index is 12.5. The number of carbonyl (C=O) groups excluding carboxylic acids is 2. The standard InChI is InChI=1S/C17H19N3O3S/c21-16(12-3-7-18-8-4-12)20-14-6-11-24-15(14)17(22)19-13-2-1-9-23-10-5-13/h3-4,6-8,11,13H,1-2,5,9-10H2,(H,19,22)(H,20,21)/t13-/m0/s1. The smallest absolute Gasteiger partial charge is 0.263 e. The second-order valence-electron chi connectivity index (χ2n) is 5.57. The molecule has 6 nitrogen and oxygen atoms in total. The number of rotatable bonds is 4. The van der Waals surface area contributed by atoms with Crippen molar-refractivity contribution in [1.29, 1.82) is 0 Å². The molecule has 2 aromatic rings. The van der Waals surface area contributed by atoms with Crippen LogP contribution in [0.15, 0.2) is 36.0 Å². The number of aromatic nitrogens is 1. The molecule has 2 amide bonds. The van der Waals surface area contributed by atoms with Gasteiger partial charge in [-0.2, -0.15) is 0 Å². The van der Waals surface area contributed by atoms with E-state index >= 15 is 0 Å². The zero-order chi connectivity index (χ0) is 16.8. The van der Waals surface area contributed by atoms with Gasteiger partial charge in [-0.3, -0.25) is 14.6 Å². The molecule has 2 N–H and O–H groups in total. The summed E-state index contributed by atoms with van der Waals surface area (Å²) in [6.07, 6.45) is 5.79. The van der Waals surface area contributed by atoms with Gasteiger partial charge < -0.3 is 15.4 Å². The number of pyridine rings is 1. The van der Waals surface area contributed by atoms with Gasteiger partial charge in [0.25, 0.3) is 11.8 Å². The van der Waals surface area contributed by atoms with Crippen LogP contribution >= 0.6 is 11.3 Å². The quantitative estimate of drug-likeness (QED) is 0.893. The van der Waals surface area contributed by atoms with Gasteiger partial charge in [0.2, 0.25) is 0 Å². The third kappa shape index (κ3) is 4.18. The summed E-state index contributed by atoms with van der Waals surface area (Å²) in [7, 11) is 0. The minimum Gasteiger partial charge on any atom is -0.381 e. The van der Waals surface area contributed by atoms with E-state index < -0.39 is 0 Å². The number of amides is 2. The molecule has 1 fully saturated rings. The van der Waals surface area contributed by atoms with Gasteiger partial charge in [-0.1, -0.05) is 0 Å². The van der Waals surface area contributed by atoms with Crippen molar-refractivity contribution in [3.8, 4) is 0 Å². The highest BCUT2D eigenvalue weighted by Crippen LogP contribution is 2.23. The summed E-state index contributed by atoms with van der Waals surface area (Å²) in [5, 5.41) is 7.64. The van der Waals surface area contributed by atoms with Crippen LogP contribution in [-0.4, -0.2) is 36.1 Å². The van der Waals surface area contributed by atoms with E-state index in [-0.39, 0.29) is 17.9 Å². The molecule has 0 bridgehead atoms. The fourth-order valence-corrected chi connectivity index (χ4v) is 3.33. The molecule has 0 aliphatic carbocycles. The second kappa shape index (κ2) is 8.03. The van der Waals surface area contributed by atoms with E-state index in [0.717, 1.165) is 25.9 Å². The molecule has 7 heteroatoms. The van der Waals surface area contributed by atoms with E-state index in [2.05, 4.69) is 15.6 Å². The summed E-state index contributed by atoms with van der Waals surface area (Å²) in [6, 6.07) is 5.13. The summed E-state index contributed by atoms with van der Waals surface area (Å²) in [4.78, 5) is 29.2. The minimum atomic E-state index is -0.257. The first kappa shape index (κ1) is 16.6. The Morgan fingerprint density at radius 2 is 1.96 bits per heavy atom. The minimum absolute atomic E-state index is 0.117. The fraction of sp³-hybridized carbons (Fsp3) is 0.353. The lowest BCUT2D eigenvalue weighted by Gasteiger charge is -2.15. The lowest BCUT2D eigenvalue weighted by atomic mass is 10.1. The average Bonchev–Trinajstić information content (AvgIpc) is 2.91. The van der Waals surface area contributed by atoms with Crippen LogP contribution in [0.1, 0.15) is 39.3 Å². The third-order valence-electron chi connectivity index (χ3n) is 3.85. The van der Waals surface area contributed by atoms with Gasteiger partial charge in [0, 0.05) is 37.2 Å². The monoisotopic (exact) mass is 345 g/mol. The molecule has 2 aromatic heterocycles. The molecule has 1 atom stereocenters. The fourth-order valence-electron chi connectivity index (χ4n) is 2.58. The van der Waals surface area contributed by atoms with Gasteiger partial charge in [0.05, 0.1) is 5.69 Å². The molecule has 126 valence electrons. The Hall–Kier alpha value is -2.25. The van der Waals surface area contributed by atoms with Crippen LogP contribution in [0.3, 0.4) is 0 Å². The van der Waals surface area contributed by atoms with Crippen molar-refractivity contribution < 1.29 is 14.3 Å². The van der Waals surface area contributed by atoms with Crippen LogP contribution in [-0.2, 0) is 4.74 Å². The predicted molar refractivity (Wildman–Crippen MR) is 92.4 cm³/mol. The van der Waals surface area contributed by atoms with Crippen molar-refractivity contribution in [2.24, 2.45) is 0 Å². The Morgan fingerprint density at radius 3 is 2.79 bits per heavy atom. The number of nitrogens with one attached hydrogen (secondary N) is 2. The Bertz CT molecular complexity index is 694. The van der Waals surface area contributed by atoms with Gasteiger partial charge >= 0.3 is 0 Å². The van der Waals surface area contributed by atoms with Gasteiger partial charge in [0.15, 0.2) is 0 Å². The molecule has 3 rings (SSSR count). The van der Waals surface area contributed by atoms with E-state index in [1.807, 2.05) is 0 Å². The zero-order valence-corrected chi connectivity index (χ0v) is 14.0. The molecular formula is C17H19N3O3S. The molecule has 24 heavy (non-hydrogen) atoms. The molecule has 0 radical (unpaired) electrons. The van der Waals surface area contributed by atoms with Crippen molar-refractivity contribution in [3.63, 3.8) is 0 Å². The summed E-state index contributed by atoms with van der Waals surface area (Å²) in [6.45, 7) is 1.42. The van der Waals surface area contributed by atoms with Gasteiger partial charge in [-0.05, 0) is 42.8 Å². The van der Waals surface area contributed by atoms with E-state index in [1.165, 1.54) is 11.3 Å². The van der Waals surface area contributed by atoms with Crippen LogP contribution in [0, 0.1) is 0 Å². The van der Waals surface area contributed by atoms with Crippen molar-refractivity contribution in [3.05, 3.63) is 46.4 Å². The molecule has 0 spiro atoms. The van der Waals surface area contributed by atoms with Gasteiger partial charge in [-0.15, -0.1) is 11.3 Å². The van der Waals surface area contributed by atoms with E-state index in [4.69, 9.17) is 4.74 Å². The molecule has 0 aromatic carbocycles. The normalized spacial score (nSPS) is 17.8. The van der Waals surface area contributed by atoms with Crippen molar-refractivity contribution >= 4 is 28.8 Å². The van der Waals surface area contributed by atoms with Crippen molar-refractivity contribution in [2.75, 3.05) is 18.5 Å². The zero-order valence-electron chi connectivity index (χ0n) is 13.2. The van der Waals surface area contributed by atoms with Gasteiger partial charge in [0.1, 0.15) is 4.88 Å². The number of hydrogen-bond donors (Lipinski definition) is 2. The molecule has 0 saturated carbocycles. The van der Waals surface area contributed by atoms with Crippen LogP contribution in [0.5, 0.6) is 0 Å². The van der Waals surface area contributed by atoms with E-state index in [0.29, 0.717) is 22.7 Å². The Labute approximate surface area is 144 Å². The number of thiophene rings is 1. The van der Waals surface area contributed by atoms with Crippen molar-refractivity contribution in [1.82, 2.24) is 10.3 Å². The summed E-state index contributed by atoms with van der Waals surface area (Å²) >= 11 is 1.32. The summed E-state index contributed by atoms with van der Waals surface area (Å²) < 4.78 is 5.41. The van der Waals surface area contributed by atoms with Crippen molar-refractivity contribution in [2.45, 2.75) is 25.3 Å². The number of anilines is 1. The van der Waals surface area contributed by atoms with Gasteiger partial charge in [-0.25, -0.2) is 0 Å². The average molecular weight is 345 g/mol. The van der Waals surface area contributed by atoms with E-state index in [9.17, 15) is 9.59 Å². The van der Waals surface area contributed by atoms with E-state index in [1.54, 1.807) is 36.0 Å².